The molecule has 0 N–H and O–H groups in total. The molecule has 0 heteroatoms. The van der Waals surface area contributed by atoms with E-state index in [4.69, 9.17) is 0 Å². The Balaban J connectivity index is 0.00000108. The number of allylic oxidation sites excluding steroid dienone is 7. The minimum Gasteiger partial charge on any atom is -0.0915 e. The van der Waals surface area contributed by atoms with Crippen molar-refractivity contribution in [2.24, 2.45) is 5.92 Å². The predicted molar refractivity (Wildman–Crippen MR) is 131 cm³/mol. The molecule has 0 radical (unpaired) electrons. The minimum atomic E-state index is 0.528. The van der Waals surface area contributed by atoms with E-state index in [1.807, 2.05) is 26.8 Å². The summed E-state index contributed by atoms with van der Waals surface area (Å²) in [6, 6.07) is 8.67. The lowest BCUT2D eigenvalue weighted by Crippen LogP contribution is -2.32. The summed E-state index contributed by atoms with van der Waals surface area (Å²) >= 11 is 0. The normalized spacial score (nSPS) is 15.5. The van der Waals surface area contributed by atoms with Crippen LogP contribution in [0.15, 0.2) is 72.9 Å². The molecule has 1 unspecified atom stereocenters. The van der Waals surface area contributed by atoms with E-state index in [-0.39, 0.29) is 0 Å². The van der Waals surface area contributed by atoms with Gasteiger partial charge in [0.2, 0.25) is 0 Å². The van der Waals surface area contributed by atoms with Crippen molar-refractivity contribution in [3.8, 4) is 0 Å². The molecule has 1 atom stereocenters. The van der Waals surface area contributed by atoms with Gasteiger partial charge in [-0.3, -0.25) is 0 Å². The van der Waals surface area contributed by atoms with Gasteiger partial charge in [0.25, 0.3) is 0 Å². The van der Waals surface area contributed by atoms with E-state index in [2.05, 4.69) is 88.1 Å². The Morgan fingerprint density at radius 1 is 1.04 bits per heavy atom. The highest BCUT2D eigenvalue weighted by molar-refractivity contribution is 5.71. The summed E-state index contributed by atoms with van der Waals surface area (Å²) < 4.78 is 0. The first-order chi connectivity index (χ1) is 13.7. The quantitative estimate of drug-likeness (QED) is 0.340. The van der Waals surface area contributed by atoms with E-state index >= 15 is 0 Å². The fraction of sp³-hybridized carbons (Fsp3) is 0.429. The molecule has 0 bridgehead atoms. The summed E-state index contributed by atoms with van der Waals surface area (Å²) in [7, 11) is 0. The van der Waals surface area contributed by atoms with Crippen LogP contribution in [0.2, 0.25) is 0 Å². The second-order valence-electron chi connectivity index (χ2n) is 6.66. The average molecular weight is 379 g/mol. The van der Waals surface area contributed by atoms with E-state index in [1.54, 1.807) is 0 Å². The van der Waals surface area contributed by atoms with E-state index in [9.17, 15) is 0 Å². The standard InChI is InChI=1S/C22H26.C4H10.C2H6/c1-4-6-8-12-18(3)22-20(14-9-7-5-2)17-16-19-13-10-11-15-21(19)22;1-3-4-2;1-2/h4,6-13,15-16,20H,3,5,14,17H2,1-2H3;3-4H2,1-2H3;1-2H3/b6-4-,9-7?,12-8-;;. The van der Waals surface area contributed by atoms with Crippen molar-refractivity contribution >= 4 is 11.6 Å². The van der Waals surface area contributed by atoms with E-state index in [0.29, 0.717) is 5.92 Å². The minimum absolute atomic E-state index is 0.528. The van der Waals surface area contributed by atoms with Gasteiger partial charge in [-0.25, -0.2) is 0 Å². The Bertz CT molecular complexity index is 738. The highest BCUT2D eigenvalue weighted by Gasteiger charge is 2.17. The molecule has 1 aromatic rings. The summed E-state index contributed by atoms with van der Waals surface area (Å²) in [4.78, 5) is 0. The molecule has 0 saturated carbocycles. The lowest BCUT2D eigenvalue weighted by Gasteiger charge is -2.22. The van der Waals surface area contributed by atoms with Gasteiger partial charge in [0, 0.05) is 0 Å². The molecule has 1 aromatic carbocycles. The molecule has 0 spiro atoms. The summed E-state index contributed by atoms with van der Waals surface area (Å²) in [5.74, 6) is 0.528. The number of unbranched alkanes of at least 4 members (excludes halogenated alkanes) is 1. The highest BCUT2D eigenvalue weighted by Crippen LogP contribution is 2.28. The summed E-state index contributed by atoms with van der Waals surface area (Å²) in [6.07, 6.45) is 21.2. The van der Waals surface area contributed by atoms with Crippen molar-refractivity contribution in [3.05, 3.63) is 83.3 Å². The zero-order valence-corrected chi connectivity index (χ0v) is 19.2. The zero-order chi connectivity index (χ0) is 21.2. The Hall–Kier alpha value is -2.08. The second kappa shape index (κ2) is 17.0. The highest BCUT2D eigenvalue weighted by atomic mass is 14.2. The van der Waals surface area contributed by atoms with Crippen molar-refractivity contribution in [2.75, 3.05) is 0 Å². The molecule has 0 fully saturated rings. The zero-order valence-electron chi connectivity index (χ0n) is 19.2. The van der Waals surface area contributed by atoms with Gasteiger partial charge >= 0.3 is 0 Å². The van der Waals surface area contributed by atoms with Gasteiger partial charge in [-0.1, -0.05) is 121 Å². The maximum Gasteiger partial charge on any atom is -0.00806 e. The molecular weight excluding hydrogens is 336 g/mol. The third kappa shape index (κ3) is 9.22. The fourth-order valence-electron chi connectivity index (χ4n) is 2.98. The molecule has 0 heterocycles. The van der Waals surface area contributed by atoms with Crippen LogP contribution < -0.4 is 10.4 Å². The molecule has 1 aliphatic carbocycles. The smallest absolute Gasteiger partial charge is 0.00806 e. The van der Waals surface area contributed by atoms with Crippen LogP contribution in [0.25, 0.3) is 11.6 Å². The molecule has 0 nitrogen and oxygen atoms in total. The lowest BCUT2D eigenvalue weighted by molar-refractivity contribution is 0.700. The van der Waals surface area contributed by atoms with Crippen LogP contribution in [0.3, 0.4) is 0 Å². The summed E-state index contributed by atoms with van der Waals surface area (Å²) in [5.41, 5.74) is 2.54. The van der Waals surface area contributed by atoms with Crippen molar-refractivity contribution in [1.29, 1.82) is 0 Å². The molecule has 0 aliphatic heterocycles. The van der Waals surface area contributed by atoms with Crippen LogP contribution >= 0.6 is 0 Å². The molecule has 28 heavy (non-hydrogen) atoms. The van der Waals surface area contributed by atoms with Gasteiger partial charge in [0.1, 0.15) is 0 Å². The van der Waals surface area contributed by atoms with Gasteiger partial charge in [0.05, 0.1) is 0 Å². The van der Waals surface area contributed by atoms with Crippen LogP contribution in [-0.4, -0.2) is 0 Å². The van der Waals surface area contributed by atoms with Crippen LogP contribution in [0.4, 0.5) is 0 Å². The number of hydrogen-bond donors (Lipinski definition) is 0. The Morgan fingerprint density at radius 2 is 1.71 bits per heavy atom. The maximum atomic E-state index is 4.33. The predicted octanol–water partition coefficient (Wildman–Crippen LogP) is 7.52. The van der Waals surface area contributed by atoms with E-state index in [0.717, 1.165) is 24.8 Å². The first-order valence-electron chi connectivity index (χ1n) is 11.1. The molecule has 0 saturated heterocycles. The number of fused-ring (bicyclic) bond motifs is 1. The number of rotatable bonds is 7. The van der Waals surface area contributed by atoms with Crippen molar-refractivity contribution in [1.82, 2.24) is 0 Å². The maximum absolute atomic E-state index is 4.33. The second-order valence-corrected chi connectivity index (χ2v) is 6.66. The van der Waals surface area contributed by atoms with Crippen molar-refractivity contribution in [2.45, 2.75) is 73.6 Å². The number of benzene rings is 1. The molecule has 1 aliphatic rings. The Kier molecular flexibility index (Phi) is 15.8. The topological polar surface area (TPSA) is 0 Å². The van der Waals surface area contributed by atoms with Gasteiger partial charge in [-0.15, -0.1) is 0 Å². The SMILES string of the molecule is C=C(/C=C\C=C/C)C1=c2ccccc2=CCC1CC=CCC.CC.CCCC. The first-order valence-corrected chi connectivity index (χ1v) is 11.1. The van der Waals surface area contributed by atoms with Gasteiger partial charge < -0.3 is 0 Å². The Labute approximate surface area is 174 Å². The summed E-state index contributed by atoms with van der Waals surface area (Å²) in [5, 5.41) is 2.69. The van der Waals surface area contributed by atoms with Crippen molar-refractivity contribution < 1.29 is 0 Å². The van der Waals surface area contributed by atoms with E-state index < -0.39 is 0 Å². The molecule has 2 rings (SSSR count). The molecule has 0 amide bonds. The Morgan fingerprint density at radius 3 is 2.32 bits per heavy atom. The van der Waals surface area contributed by atoms with Crippen LogP contribution in [0, 0.1) is 5.92 Å². The van der Waals surface area contributed by atoms with Crippen LogP contribution in [0.1, 0.15) is 73.6 Å². The average Bonchev–Trinajstić information content (AvgIpc) is 2.75. The van der Waals surface area contributed by atoms with Crippen LogP contribution in [0.5, 0.6) is 0 Å². The van der Waals surface area contributed by atoms with Gasteiger partial charge in [0.15, 0.2) is 0 Å². The summed E-state index contributed by atoms with van der Waals surface area (Å²) in [6.45, 7) is 16.9. The monoisotopic (exact) mass is 378 g/mol. The largest absolute Gasteiger partial charge is 0.0915 e. The lowest BCUT2D eigenvalue weighted by atomic mass is 9.82. The van der Waals surface area contributed by atoms with Gasteiger partial charge in [-0.05, 0) is 53.7 Å². The number of hydrogen-bond acceptors (Lipinski definition) is 0. The first kappa shape index (κ1) is 25.9. The third-order valence-electron chi connectivity index (χ3n) is 4.55. The van der Waals surface area contributed by atoms with Crippen molar-refractivity contribution in [3.63, 3.8) is 0 Å². The van der Waals surface area contributed by atoms with Gasteiger partial charge in [-0.2, -0.15) is 0 Å². The van der Waals surface area contributed by atoms with E-state index in [1.165, 1.54) is 28.9 Å². The molecule has 154 valence electrons. The molecule has 0 aromatic heterocycles. The third-order valence-corrected chi connectivity index (χ3v) is 4.55. The molecular formula is C28H42. The fourth-order valence-corrected chi connectivity index (χ4v) is 2.98. The van der Waals surface area contributed by atoms with Crippen LogP contribution in [-0.2, 0) is 0 Å².